The Morgan fingerprint density at radius 3 is 2.69 bits per heavy atom. The first-order valence-corrected chi connectivity index (χ1v) is 11.6. The Morgan fingerprint density at radius 1 is 1.14 bits per heavy atom. The lowest BCUT2D eigenvalue weighted by atomic mass is 10.1. The SMILES string of the molecule is O=C(NC1CCOCC1)c1cc2c(cnn2C2CCCCO2)cc1Oc1ccc([N+](=O)[O-])cc1F. The number of amides is 1. The van der Waals surface area contributed by atoms with Gasteiger partial charge in [0, 0.05) is 37.3 Å². The van der Waals surface area contributed by atoms with Crippen molar-refractivity contribution in [1.82, 2.24) is 15.1 Å². The summed E-state index contributed by atoms with van der Waals surface area (Å²) >= 11 is 0. The second-order valence-electron chi connectivity index (χ2n) is 8.65. The Balaban J connectivity index is 1.52. The van der Waals surface area contributed by atoms with Gasteiger partial charge in [-0.15, -0.1) is 0 Å². The molecule has 10 nitrogen and oxygen atoms in total. The van der Waals surface area contributed by atoms with E-state index in [2.05, 4.69) is 10.4 Å². The van der Waals surface area contributed by atoms with Crippen LogP contribution >= 0.6 is 0 Å². The molecule has 184 valence electrons. The van der Waals surface area contributed by atoms with Crippen molar-refractivity contribution in [3.63, 3.8) is 0 Å². The van der Waals surface area contributed by atoms with Crippen LogP contribution in [-0.2, 0) is 9.47 Å². The third kappa shape index (κ3) is 4.96. The quantitative estimate of drug-likeness (QED) is 0.405. The van der Waals surface area contributed by atoms with Crippen molar-refractivity contribution in [1.29, 1.82) is 0 Å². The molecule has 0 radical (unpaired) electrons. The van der Waals surface area contributed by atoms with Crippen molar-refractivity contribution < 1.29 is 28.3 Å². The van der Waals surface area contributed by atoms with Gasteiger partial charge in [-0.3, -0.25) is 14.9 Å². The summed E-state index contributed by atoms with van der Waals surface area (Å²) in [5.41, 5.74) is 0.515. The van der Waals surface area contributed by atoms with Crippen LogP contribution in [-0.4, -0.2) is 46.5 Å². The van der Waals surface area contributed by atoms with E-state index < -0.39 is 16.4 Å². The van der Waals surface area contributed by atoms with E-state index in [9.17, 15) is 19.3 Å². The first-order chi connectivity index (χ1) is 17.0. The Hall–Kier alpha value is -3.57. The van der Waals surface area contributed by atoms with Gasteiger partial charge in [-0.2, -0.15) is 5.10 Å². The molecule has 3 aromatic rings. The van der Waals surface area contributed by atoms with Gasteiger partial charge in [-0.1, -0.05) is 0 Å². The summed E-state index contributed by atoms with van der Waals surface area (Å²) in [4.78, 5) is 23.6. The highest BCUT2D eigenvalue weighted by Crippen LogP contribution is 2.35. The molecular formula is C24H25FN4O6. The van der Waals surface area contributed by atoms with Gasteiger partial charge < -0.3 is 19.5 Å². The number of carbonyl (C=O) groups is 1. The van der Waals surface area contributed by atoms with Gasteiger partial charge in [0.2, 0.25) is 0 Å². The number of ether oxygens (including phenoxy) is 3. The number of rotatable bonds is 6. The molecule has 2 aliphatic rings. The van der Waals surface area contributed by atoms with Crippen LogP contribution in [0.5, 0.6) is 11.5 Å². The van der Waals surface area contributed by atoms with Crippen LogP contribution in [0.25, 0.3) is 10.9 Å². The number of halogens is 1. The summed E-state index contributed by atoms with van der Waals surface area (Å²) in [7, 11) is 0. The molecule has 2 aliphatic heterocycles. The third-order valence-electron chi connectivity index (χ3n) is 6.27. The number of nitro benzene ring substituents is 1. The molecule has 1 N–H and O–H groups in total. The zero-order valence-electron chi connectivity index (χ0n) is 18.9. The average Bonchev–Trinajstić information content (AvgIpc) is 3.28. The van der Waals surface area contributed by atoms with Crippen LogP contribution in [0.3, 0.4) is 0 Å². The van der Waals surface area contributed by atoms with Gasteiger partial charge in [0.05, 0.1) is 28.3 Å². The molecule has 1 aromatic heterocycles. The van der Waals surface area contributed by atoms with E-state index in [0.717, 1.165) is 31.4 Å². The summed E-state index contributed by atoms with van der Waals surface area (Å²) in [6.45, 7) is 1.77. The van der Waals surface area contributed by atoms with E-state index in [-0.39, 0.29) is 35.2 Å². The molecule has 2 saturated heterocycles. The lowest BCUT2D eigenvalue weighted by Crippen LogP contribution is -2.39. The smallest absolute Gasteiger partial charge is 0.272 e. The zero-order valence-corrected chi connectivity index (χ0v) is 18.9. The van der Waals surface area contributed by atoms with Crippen LogP contribution in [0, 0.1) is 15.9 Å². The fraction of sp³-hybridized carbons (Fsp3) is 0.417. The van der Waals surface area contributed by atoms with E-state index in [0.29, 0.717) is 43.6 Å². The van der Waals surface area contributed by atoms with Crippen molar-refractivity contribution in [2.24, 2.45) is 0 Å². The molecule has 0 spiro atoms. The summed E-state index contributed by atoms with van der Waals surface area (Å²) < 4.78 is 33.4. The largest absolute Gasteiger partial charge is 0.453 e. The highest BCUT2D eigenvalue weighted by atomic mass is 19.1. The lowest BCUT2D eigenvalue weighted by molar-refractivity contribution is -0.385. The van der Waals surface area contributed by atoms with Gasteiger partial charge in [0.25, 0.3) is 11.6 Å². The Bertz CT molecular complexity index is 1250. The second-order valence-corrected chi connectivity index (χ2v) is 8.65. The molecule has 2 aromatic carbocycles. The number of fused-ring (bicyclic) bond motifs is 1. The number of nitro groups is 1. The molecule has 35 heavy (non-hydrogen) atoms. The molecule has 0 bridgehead atoms. The summed E-state index contributed by atoms with van der Waals surface area (Å²) in [5, 5.41) is 19.1. The van der Waals surface area contributed by atoms with Crippen molar-refractivity contribution >= 4 is 22.5 Å². The van der Waals surface area contributed by atoms with E-state index in [1.165, 1.54) is 6.07 Å². The van der Waals surface area contributed by atoms with Gasteiger partial charge >= 0.3 is 0 Å². The standard InChI is InChI=1S/C24H25FN4O6/c25-19-12-17(29(31)32)4-5-21(19)35-22-11-15-14-26-28(23-3-1-2-8-34-23)20(15)13-18(22)24(30)27-16-6-9-33-10-7-16/h4-5,11-14,16,23H,1-3,6-10H2,(H,27,30). The van der Waals surface area contributed by atoms with E-state index >= 15 is 0 Å². The number of nitrogens with zero attached hydrogens (tertiary/aromatic N) is 3. The number of benzene rings is 2. The van der Waals surface area contributed by atoms with Crippen LogP contribution in [0.1, 0.15) is 48.7 Å². The average molecular weight is 484 g/mol. The minimum absolute atomic E-state index is 0.0532. The number of nitrogens with one attached hydrogen (secondary N) is 1. The predicted octanol–water partition coefficient (Wildman–Crippen LogP) is 4.48. The Kier molecular flexibility index (Phi) is 6.60. The lowest BCUT2D eigenvalue weighted by Gasteiger charge is -2.24. The summed E-state index contributed by atoms with van der Waals surface area (Å²) in [5.74, 6) is -1.37. The van der Waals surface area contributed by atoms with Crippen molar-refractivity contribution in [3.8, 4) is 11.5 Å². The van der Waals surface area contributed by atoms with E-state index in [4.69, 9.17) is 14.2 Å². The monoisotopic (exact) mass is 484 g/mol. The number of hydrogen-bond acceptors (Lipinski definition) is 7. The molecule has 11 heteroatoms. The van der Waals surface area contributed by atoms with Crippen molar-refractivity contribution in [3.05, 3.63) is 58.0 Å². The summed E-state index contributed by atoms with van der Waals surface area (Å²) in [6.07, 6.45) is 5.62. The minimum atomic E-state index is -0.901. The van der Waals surface area contributed by atoms with Crippen molar-refractivity contribution in [2.45, 2.75) is 44.4 Å². The third-order valence-corrected chi connectivity index (χ3v) is 6.27. The molecule has 2 fully saturated rings. The molecule has 0 aliphatic carbocycles. The predicted molar refractivity (Wildman–Crippen MR) is 123 cm³/mol. The second kappa shape index (κ2) is 9.96. The highest BCUT2D eigenvalue weighted by Gasteiger charge is 2.25. The fourth-order valence-corrected chi connectivity index (χ4v) is 4.39. The van der Waals surface area contributed by atoms with Crippen LogP contribution in [0.15, 0.2) is 36.5 Å². The normalized spacial score (nSPS) is 18.9. The first-order valence-electron chi connectivity index (χ1n) is 11.6. The summed E-state index contributed by atoms with van der Waals surface area (Å²) in [6, 6.07) is 6.36. The van der Waals surface area contributed by atoms with Crippen LogP contribution in [0.2, 0.25) is 0 Å². The Morgan fingerprint density at radius 2 is 1.97 bits per heavy atom. The number of non-ortho nitro benzene ring substituents is 1. The minimum Gasteiger partial charge on any atom is -0.453 e. The molecule has 1 atom stereocenters. The number of aromatic nitrogens is 2. The van der Waals surface area contributed by atoms with E-state index in [1.54, 1.807) is 23.0 Å². The zero-order chi connectivity index (χ0) is 24.4. The van der Waals surface area contributed by atoms with Crippen molar-refractivity contribution in [2.75, 3.05) is 19.8 Å². The highest BCUT2D eigenvalue weighted by molar-refractivity contribution is 6.01. The van der Waals surface area contributed by atoms with Gasteiger partial charge in [0.1, 0.15) is 5.75 Å². The molecule has 1 unspecified atom stereocenters. The van der Waals surface area contributed by atoms with Crippen LogP contribution < -0.4 is 10.1 Å². The number of hydrogen-bond donors (Lipinski definition) is 1. The molecule has 3 heterocycles. The first kappa shape index (κ1) is 23.2. The number of carbonyl (C=O) groups excluding carboxylic acids is 1. The van der Waals surface area contributed by atoms with Gasteiger partial charge in [-0.05, 0) is 50.3 Å². The maximum atomic E-state index is 14.6. The topological polar surface area (TPSA) is 118 Å². The maximum Gasteiger partial charge on any atom is 0.272 e. The van der Waals surface area contributed by atoms with Crippen LogP contribution in [0.4, 0.5) is 10.1 Å². The maximum absolute atomic E-state index is 14.6. The molecule has 1 amide bonds. The Labute approximate surface area is 200 Å². The molecule has 5 rings (SSSR count). The van der Waals surface area contributed by atoms with E-state index in [1.807, 2.05) is 0 Å². The van der Waals surface area contributed by atoms with Gasteiger partial charge in [0.15, 0.2) is 17.8 Å². The van der Waals surface area contributed by atoms with Gasteiger partial charge in [-0.25, -0.2) is 9.07 Å². The molecule has 0 saturated carbocycles. The molecular weight excluding hydrogens is 459 g/mol. The fourth-order valence-electron chi connectivity index (χ4n) is 4.39.